The van der Waals surface area contributed by atoms with Crippen molar-refractivity contribution >= 4 is 11.0 Å². The lowest BCUT2D eigenvalue weighted by molar-refractivity contribution is 0.411. The normalized spacial score (nSPS) is 11.3. The molecular weight excluding hydrogens is 242 g/mol. The second kappa shape index (κ2) is 4.85. The van der Waals surface area contributed by atoms with Crippen molar-refractivity contribution in [3.05, 3.63) is 35.7 Å². The van der Waals surface area contributed by atoms with Crippen molar-refractivity contribution < 1.29 is 8.94 Å². The zero-order chi connectivity index (χ0) is 13.2. The summed E-state index contributed by atoms with van der Waals surface area (Å²) in [6.07, 6.45) is 1.57. The Labute approximate surface area is 110 Å². The van der Waals surface area contributed by atoms with E-state index in [1.54, 1.807) is 0 Å². The van der Waals surface area contributed by atoms with Gasteiger partial charge in [0.25, 0.3) is 5.89 Å². The van der Waals surface area contributed by atoms with Gasteiger partial charge in [0.2, 0.25) is 0 Å². The average Bonchev–Trinajstić information content (AvgIpc) is 3.01. The molecule has 0 atom stereocenters. The van der Waals surface area contributed by atoms with E-state index in [1.807, 2.05) is 25.1 Å². The fraction of sp³-hybridized carbons (Fsp3) is 0.286. The molecule has 19 heavy (non-hydrogen) atoms. The average molecular weight is 257 g/mol. The van der Waals surface area contributed by atoms with Crippen LogP contribution in [0.1, 0.15) is 17.8 Å². The number of fused-ring (bicyclic) bond motifs is 1. The van der Waals surface area contributed by atoms with Crippen LogP contribution < -0.4 is 5.73 Å². The van der Waals surface area contributed by atoms with Crippen LogP contribution in [0.5, 0.6) is 0 Å². The molecule has 5 heteroatoms. The fourth-order valence-corrected chi connectivity index (χ4v) is 1.98. The quantitative estimate of drug-likeness (QED) is 0.777. The molecule has 0 saturated carbocycles. The first-order valence-corrected chi connectivity index (χ1v) is 6.29. The van der Waals surface area contributed by atoms with Gasteiger partial charge in [-0.05, 0) is 38.1 Å². The topological polar surface area (TPSA) is 78.1 Å². The van der Waals surface area contributed by atoms with Gasteiger partial charge in [0.05, 0.1) is 0 Å². The van der Waals surface area contributed by atoms with Crippen LogP contribution in [-0.4, -0.2) is 16.7 Å². The summed E-state index contributed by atoms with van der Waals surface area (Å²) in [6.45, 7) is 2.66. The van der Waals surface area contributed by atoms with Crippen LogP contribution in [0.15, 0.2) is 33.2 Å². The summed E-state index contributed by atoms with van der Waals surface area (Å²) in [4.78, 5) is 4.31. The van der Waals surface area contributed by atoms with Gasteiger partial charge in [-0.2, -0.15) is 4.98 Å². The molecule has 2 heterocycles. The second-order valence-electron chi connectivity index (χ2n) is 4.56. The van der Waals surface area contributed by atoms with Crippen molar-refractivity contribution in [2.24, 2.45) is 5.73 Å². The van der Waals surface area contributed by atoms with Gasteiger partial charge in [0, 0.05) is 11.8 Å². The number of nitrogens with zero attached hydrogens (tertiary/aromatic N) is 2. The molecule has 3 aromatic rings. The van der Waals surface area contributed by atoms with Crippen molar-refractivity contribution in [3.8, 4) is 11.7 Å². The first-order chi connectivity index (χ1) is 9.26. The monoisotopic (exact) mass is 257 g/mol. The summed E-state index contributed by atoms with van der Waals surface area (Å²) in [5, 5.41) is 4.95. The summed E-state index contributed by atoms with van der Waals surface area (Å²) in [5.74, 6) is 1.69. The predicted molar refractivity (Wildman–Crippen MR) is 71.6 cm³/mol. The van der Waals surface area contributed by atoms with Gasteiger partial charge in [0.15, 0.2) is 11.6 Å². The molecule has 2 N–H and O–H groups in total. The summed E-state index contributed by atoms with van der Waals surface area (Å²) in [7, 11) is 0. The number of hydrogen-bond donors (Lipinski definition) is 1. The molecule has 0 unspecified atom stereocenters. The molecule has 0 saturated heterocycles. The molecule has 1 aromatic carbocycles. The standard InChI is InChI=1S/C14H15N3O2/c1-9-4-5-11-10(7-9)8-12(18-11)14-16-13(17-19-14)3-2-6-15/h4-5,7-8H,2-3,6,15H2,1H3. The highest BCUT2D eigenvalue weighted by molar-refractivity contribution is 5.82. The summed E-state index contributed by atoms with van der Waals surface area (Å²) >= 11 is 0. The number of benzene rings is 1. The van der Waals surface area contributed by atoms with Gasteiger partial charge < -0.3 is 14.7 Å². The van der Waals surface area contributed by atoms with Gasteiger partial charge in [-0.15, -0.1) is 0 Å². The Hall–Kier alpha value is -2.14. The molecule has 98 valence electrons. The maximum atomic E-state index is 5.71. The Morgan fingerprint density at radius 2 is 2.16 bits per heavy atom. The van der Waals surface area contributed by atoms with Crippen LogP contribution in [0.25, 0.3) is 22.6 Å². The minimum Gasteiger partial charge on any atom is -0.451 e. The minimum atomic E-state index is 0.417. The first kappa shape index (κ1) is 11.9. The SMILES string of the molecule is Cc1ccc2oc(-c3nc(CCCN)no3)cc2c1. The van der Waals surface area contributed by atoms with E-state index >= 15 is 0 Å². The van der Waals surface area contributed by atoms with Crippen molar-refractivity contribution in [2.45, 2.75) is 19.8 Å². The largest absolute Gasteiger partial charge is 0.451 e. The zero-order valence-electron chi connectivity index (χ0n) is 10.7. The molecule has 0 amide bonds. The first-order valence-electron chi connectivity index (χ1n) is 6.29. The molecule has 0 aliphatic carbocycles. The smallest absolute Gasteiger partial charge is 0.293 e. The van der Waals surface area contributed by atoms with Crippen LogP contribution in [0.2, 0.25) is 0 Å². The van der Waals surface area contributed by atoms with Gasteiger partial charge in [-0.25, -0.2) is 0 Å². The molecule has 3 rings (SSSR count). The van der Waals surface area contributed by atoms with E-state index in [0.29, 0.717) is 24.0 Å². The van der Waals surface area contributed by atoms with Crippen molar-refractivity contribution in [2.75, 3.05) is 6.54 Å². The van der Waals surface area contributed by atoms with E-state index in [-0.39, 0.29) is 0 Å². The third-order valence-electron chi connectivity index (χ3n) is 2.96. The van der Waals surface area contributed by atoms with E-state index in [1.165, 1.54) is 5.56 Å². The van der Waals surface area contributed by atoms with Crippen LogP contribution in [0.4, 0.5) is 0 Å². The van der Waals surface area contributed by atoms with E-state index in [9.17, 15) is 0 Å². The van der Waals surface area contributed by atoms with Crippen LogP contribution >= 0.6 is 0 Å². The van der Waals surface area contributed by atoms with E-state index in [4.69, 9.17) is 14.7 Å². The Balaban J connectivity index is 1.92. The highest BCUT2D eigenvalue weighted by Gasteiger charge is 2.13. The molecule has 0 aliphatic rings. The van der Waals surface area contributed by atoms with Crippen molar-refractivity contribution in [3.63, 3.8) is 0 Å². The van der Waals surface area contributed by atoms with Crippen LogP contribution in [0, 0.1) is 6.92 Å². The van der Waals surface area contributed by atoms with Crippen molar-refractivity contribution in [1.82, 2.24) is 10.1 Å². The van der Waals surface area contributed by atoms with E-state index in [0.717, 1.165) is 23.8 Å². The van der Waals surface area contributed by atoms with Gasteiger partial charge in [-0.3, -0.25) is 0 Å². The highest BCUT2D eigenvalue weighted by Crippen LogP contribution is 2.27. The zero-order valence-corrected chi connectivity index (χ0v) is 10.7. The minimum absolute atomic E-state index is 0.417. The Kier molecular flexibility index (Phi) is 3.05. The molecule has 0 bridgehead atoms. The van der Waals surface area contributed by atoms with Crippen molar-refractivity contribution in [1.29, 1.82) is 0 Å². The molecular formula is C14H15N3O2. The molecule has 5 nitrogen and oxygen atoms in total. The van der Waals surface area contributed by atoms with Gasteiger partial charge >= 0.3 is 0 Å². The Morgan fingerprint density at radius 1 is 1.26 bits per heavy atom. The van der Waals surface area contributed by atoms with Gasteiger partial charge in [0.1, 0.15) is 5.58 Å². The van der Waals surface area contributed by atoms with E-state index in [2.05, 4.69) is 16.2 Å². The Morgan fingerprint density at radius 3 is 3.00 bits per heavy atom. The molecule has 0 fully saturated rings. The lowest BCUT2D eigenvalue weighted by Crippen LogP contribution is -2.01. The number of aromatic nitrogens is 2. The third-order valence-corrected chi connectivity index (χ3v) is 2.96. The lowest BCUT2D eigenvalue weighted by Gasteiger charge is -1.89. The summed E-state index contributed by atoms with van der Waals surface area (Å²) < 4.78 is 10.9. The van der Waals surface area contributed by atoms with Crippen LogP contribution in [-0.2, 0) is 6.42 Å². The van der Waals surface area contributed by atoms with Crippen LogP contribution in [0.3, 0.4) is 0 Å². The number of rotatable bonds is 4. The second-order valence-corrected chi connectivity index (χ2v) is 4.56. The lowest BCUT2D eigenvalue weighted by atomic mass is 10.2. The predicted octanol–water partition coefficient (Wildman–Crippen LogP) is 2.68. The number of aryl methyl sites for hydroxylation is 2. The number of furan rings is 1. The molecule has 0 radical (unpaired) electrons. The molecule has 2 aromatic heterocycles. The van der Waals surface area contributed by atoms with Gasteiger partial charge in [-0.1, -0.05) is 16.8 Å². The third kappa shape index (κ3) is 2.37. The molecule has 0 spiro atoms. The fourth-order valence-electron chi connectivity index (χ4n) is 1.98. The summed E-state index contributed by atoms with van der Waals surface area (Å²) in [6, 6.07) is 7.94. The Bertz CT molecular complexity index is 700. The summed E-state index contributed by atoms with van der Waals surface area (Å²) in [5.41, 5.74) is 7.47. The van der Waals surface area contributed by atoms with E-state index < -0.39 is 0 Å². The molecule has 0 aliphatic heterocycles. The maximum absolute atomic E-state index is 5.71. The maximum Gasteiger partial charge on any atom is 0.293 e. The number of hydrogen-bond acceptors (Lipinski definition) is 5. The highest BCUT2D eigenvalue weighted by atomic mass is 16.5. The number of nitrogens with two attached hydrogens (primary N) is 1.